The largest absolute Gasteiger partial charge is 0.385 e. The highest BCUT2D eigenvalue weighted by molar-refractivity contribution is 5.68. The lowest BCUT2D eigenvalue weighted by Gasteiger charge is -2.19. The van der Waals surface area contributed by atoms with Crippen molar-refractivity contribution in [3.63, 3.8) is 0 Å². The van der Waals surface area contributed by atoms with Crippen molar-refractivity contribution < 1.29 is 4.74 Å². The number of methoxy groups -OCH3 is 1. The molecule has 116 valence electrons. The van der Waals surface area contributed by atoms with Crippen LogP contribution in [0.4, 0.5) is 17.3 Å². The molecule has 1 aliphatic rings. The van der Waals surface area contributed by atoms with Crippen LogP contribution in [0.3, 0.4) is 0 Å². The van der Waals surface area contributed by atoms with Gasteiger partial charge in [0, 0.05) is 38.6 Å². The Hall–Kier alpha value is -2.14. The Morgan fingerprint density at radius 3 is 3.00 bits per heavy atom. The summed E-state index contributed by atoms with van der Waals surface area (Å²) >= 11 is 0. The number of aryl methyl sites for hydroxylation is 1. The molecule has 1 N–H and O–H groups in total. The average Bonchev–Trinajstić information content (AvgIpc) is 2.95. The number of anilines is 3. The number of nitrogens with zero attached hydrogens (tertiary/aromatic N) is 3. The standard InChI is InChI=1S/C17H22N4O/c1-13-19-16(18-9-5-11-22-2)12-17(20-13)21-10-8-14-6-3-4-7-15(14)21/h3-4,6-7,12H,5,8-11H2,1-2H3,(H,18,19,20). The minimum Gasteiger partial charge on any atom is -0.385 e. The molecular weight excluding hydrogens is 276 g/mol. The highest BCUT2D eigenvalue weighted by Crippen LogP contribution is 2.33. The van der Waals surface area contributed by atoms with Crippen molar-refractivity contribution in [3.05, 3.63) is 41.7 Å². The molecule has 0 radical (unpaired) electrons. The van der Waals surface area contributed by atoms with Crippen LogP contribution in [0.5, 0.6) is 0 Å². The molecular formula is C17H22N4O. The van der Waals surface area contributed by atoms with Gasteiger partial charge in [0.15, 0.2) is 0 Å². The van der Waals surface area contributed by atoms with Gasteiger partial charge < -0.3 is 15.0 Å². The average molecular weight is 298 g/mol. The topological polar surface area (TPSA) is 50.3 Å². The van der Waals surface area contributed by atoms with Crippen LogP contribution in [0, 0.1) is 6.92 Å². The van der Waals surface area contributed by atoms with Gasteiger partial charge in [-0.15, -0.1) is 0 Å². The van der Waals surface area contributed by atoms with Crippen LogP contribution in [0.15, 0.2) is 30.3 Å². The van der Waals surface area contributed by atoms with E-state index in [4.69, 9.17) is 4.74 Å². The predicted octanol–water partition coefficient (Wildman–Crippen LogP) is 2.93. The van der Waals surface area contributed by atoms with Crippen molar-refractivity contribution in [2.24, 2.45) is 0 Å². The number of aromatic nitrogens is 2. The highest BCUT2D eigenvalue weighted by atomic mass is 16.5. The van der Waals surface area contributed by atoms with E-state index in [1.54, 1.807) is 7.11 Å². The Kier molecular flexibility index (Phi) is 4.53. The molecule has 5 nitrogen and oxygen atoms in total. The van der Waals surface area contributed by atoms with E-state index >= 15 is 0 Å². The molecule has 5 heteroatoms. The monoisotopic (exact) mass is 298 g/mol. The molecule has 0 saturated heterocycles. The minimum atomic E-state index is 0.753. The van der Waals surface area contributed by atoms with Gasteiger partial charge in [0.05, 0.1) is 0 Å². The number of ether oxygens (including phenoxy) is 1. The van der Waals surface area contributed by atoms with Crippen molar-refractivity contribution >= 4 is 17.3 Å². The Labute approximate surface area is 131 Å². The van der Waals surface area contributed by atoms with Gasteiger partial charge in [-0.3, -0.25) is 0 Å². The smallest absolute Gasteiger partial charge is 0.138 e. The maximum atomic E-state index is 5.07. The van der Waals surface area contributed by atoms with Gasteiger partial charge in [0.1, 0.15) is 17.5 Å². The van der Waals surface area contributed by atoms with Gasteiger partial charge in [-0.2, -0.15) is 0 Å². The maximum absolute atomic E-state index is 5.07. The molecule has 0 unspecified atom stereocenters. The van der Waals surface area contributed by atoms with Crippen molar-refractivity contribution in [1.29, 1.82) is 0 Å². The SMILES string of the molecule is COCCCNc1cc(N2CCc3ccccc32)nc(C)n1. The van der Waals surface area contributed by atoms with Gasteiger partial charge >= 0.3 is 0 Å². The minimum absolute atomic E-state index is 0.753. The molecule has 0 atom stereocenters. The number of hydrogen-bond acceptors (Lipinski definition) is 5. The fourth-order valence-corrected chi connectivity index (χ4v) is 2.79. The van der Waals surface area contributed by atoms with E-state index in [2.05, 4.69) is 44.5 Å². The predicted molar refractivity (Wildman–Crippen MR) is 88.9 cm³/mol. The zero-order chi connectivity index (χ0) is 15.4. The third-order valence-corrected chi connectivity index (χ3v) is 3.82. The fraction of sp³-hybridized carbons (Fsp3) is 0.412. The number of nitrogens with one attached hydrogen (secondary N) is 1. The van der Waals surface area contributed by atoms with E-state index in [0.717, 1.165) is 50.0 Å². The molecule has 22 heavy (non-hydrogen) atoms. The lowest BCUT2D eigenvalue weighted by Crippen LogP contribution is -2.16. The zero-order valence-corrected chi connectivity index (χ0v) is 13.2. The summed E-state index contributed by atoms with van der Waals surface area (Å²) in [4.78, 5) is 11.3. The van der Waals surface area contributed by atoms with Crippen LogP contribution >= 0.6 is 0 Å². The fourth-order valence-electron chi connectivity index (χ4n) is 2.79. The van der Waals surface area contributed by atoms with Gasteiger partial charge in [-0.25, -0.2) is 9.97 Å². The van der Waals surface area contributed by atoms with E-state index in [1.807, 2.05) is 13.0 Å². The Balaban J connectivity index is 1.78. The molecule has 0 bridgehead atoms. The van der Waals surface area contributed by atoms with Crippen LogP contribution in [0.1, 0.15) is 17.8 Å². The Morgan fingerprint density at radius 2 is 2.14 bits per heavy atom. The molecule has 1 aromatic heterocycles. The number of rotatable bonds is 6. The summed E-state index contributed by atoms with van der Waals surface area (Å²) in [5.41, 5.74) is 2.64. The van der Waals surface area contributed by atoms with E-state index in [1.165, 1.54) is 11.3 Å². The molecule has 0 spiro atoms. The molecule has 1 aliphatic heterocycles. The Morgan fingerprint density at radius 1 is 1.27 bits per heavy atom. The highest BCUT2D eigenvalue weighted by Gasteiger charge is 2.21. The first kappa shape index (κ1) is 14.8. The third-order valence-electron chi connectivity index (χ3n) is 3.82. The summed E-state index contributed by atoms with van der Waals surface area (Å²) in [6, 6.07) is 10.5. The first-order valence-corrected chi connectivity index (χ1v) is 7.72. The molecule has 2 heterocycles. The first-order valence-electron chi connectivity index (χ1n) is 7.72. The van der Waals surface area contributed by atoms with Crippen molar-refractivity contribution in [2.75, 3.05) is 37.0 Å². The van der Waals surface area contributed by atoms with Crippen LogP contribution < -0.4 is 10.2 Å². The first-order chi connectivity index (χ1) is 10.8. The second-order valence-electron chi connectivity index (χ2n) is 5.46. The van der Waals surface area contributed by atoms with E-state index in [9.17, 15) is 0 Å². The van der Waals surface area contributed by atoms with E-state index in [-0.39, 0.29) is 0 Å². The summed E-state index contributed by atoms with van der Waals surface area (Å²) < 4.78 is 5.07. The molecule has 0 aliphatic carbocycles. The lowest BCUT2D eigenvalue weighted by molar-refractivity contribution is 0.198. The quantitative estimate of drug-likeness (QED) is 0.831. The lowest BCUT2D eigenvalue weighted by atomic mass is 10.2. The summed E-state index contributed by atoms with van der Waals surface area (Å²) in [5, 5.41) is 3.35. The second-order valence-corrected chi connectivity index (χ2v) is 5.46. The number of hydrogen-bond donors (Lipinski definition) is 1. The van der Waals surface area contributed by atoms with Crippen molar-refractivity contribution in [2.45, 2.75) is 19.8 Å². The second kappa shape index (κ2) is 6.75. The van der Waals surface area contributed by atoms with Crippen LogP contribution in [0.2, 0.25) is 0 Å². The molecule has 1 aromatic carbocycles. The molecule has 3 rings (SSSR count). The van der Waals surface area contributed by atoms with Gasteiger partial charge in [-0.1, -0.05) is 18.2 Å². The van der Waals surface area contributed by atoms with Crippen LogP contribution in [0.25, 0.3) is 0 Å². The molecule has 0 saturated carbocycles. The van der Waals surface area contributed by atoms with Crippen LogP contribution in [-0.4, -0.2) is 36.8 Å². The van der Waals surface area contributed by atoms with Gasteiger partial charge in [0.2, 0.25) is 0 Å². The summed E-state index contributed by atoms with van der Waals surface area (Å²) in [6.45, 7) is 4.51. The van der Waals surface area contributed by atoms with Crippen molar-refractivity contribution in [3.8, 4) is 0 Å². The summed E-state index contributed by atoms with van der Waals surface area (Å²) in [6.07, 6.45) is 2.03. The number of para-hydroxylation sites is 1. The van der Waals surface area contributed by atoms with Crippen molar-refractivity contribution in [1.82, 2.24) is 9.97 Å². The summed E-state index contributed by atoms with van der Waals surface area (Å²) in [7, 11) is 1.72. The molecule has 0 amide bonds. The van der Waals surface area contributed by atoms with E-state index < -0.39 is 0 Å². The van der Waals surface area contributed by atoms with Gasteiger partial charge in [0.25, 0.3) is 0 Å². The van der Waals surface area contributed by atoms with Crippen LogP contribution in [-0.2, 0) is 11.2 Å². The maximum Gasteiger partial charge on any atom is 0.138 e. The summed E-state index contributed by atoms with van der Waals surface area (Å²) in [5.74, 6) is 2.63. The Bertz CT molecular complexity index is 644. The number of benzene rings is 1. The van der Waals surface area contributed by atoms with E-state index in [0.29, 0.717) is 0 Å². The molecule has 0 fully saturated rings. The zero-order valence-electron chi connectivity index (χ0n) is 13.2. The molecule has 2 aromatic rings. The number of fused-ring (bicyclic) bond motifs is 1. The van der Waals surface area contributed by atoms with Gasteiger partial charge in [-0.05, 0) is 31.4 Å². The third kappa shape index (κ3) is 3.20. The normalized spacial score (nSPS) is 13.3.